The van der Waals surface area contributed by atoms with E-state index in [1.165, 1.54) is 0 Å². The Balaban J connectivity index is 2.47. The highest BCUT2D eigenvalue weighted by atomic mass is 16.4. The Morgan fingerprint density at radius 3 is 2.40 bits per heavy atom. The molecular weight excluding hydrogens is 190 g/mol. The molecule has 0 atom stereocenters. The van der Waals surface area contributed by atoms with Gasteiger partial charge in [-0.25, -0.2) is 0 Å². The molecule has 1 rings (SSSR count). The van der Waals surface area contributed by atoms with Crippen LogP contribution >= 0.6 is 0 Å². The minimum atomic E-state index is -0.0588. The number of hydrogen-bond donors (Lipinski definition) is 1. The van der Waals surface area contributed by atoms with Crippen LogP contribution in [0.2, 0.25) is 0 Å². The Hall–Kier alpha value is -0.900. The first kappa shape index (κ1) is 12.2. The van der Waals surface area contributed by atoms with E-state index < -0.39 is 0 Å². The molecule has 15 heavy (non-hydrogen) atoms. The maximum Gasteiger partial charge on any atom is 0.221 e. The second-order valence-corrected chi connectivity index (χ2v) is 5.11. The molecule has 1 heterocycles. The average molecular weight is 211 g/mol. The van der Waals surface area contributed by atoms with E-state index in [-0.39, 0.29) is 5.41 Å². The van der Waals surface area contributed by atoms with Crippen molar-refractivity contribution in [3.8, 4) is 0 Å². The van der Waals surface area contributed by atoms with Crippen molar-refractivity contribution in [2.24, 2.45) is 0 Å². The topological polar surface area (TPSA) is 51.0 Å². The van der Waals surface area contributed by atoms with Crippen LogP contribution in [0.3, 0.4) is 0 Å². The van der Waals surface area contributed by atoms with Gasteiger partial charge in [0.15, 0.2) is 0 Å². The van der Waals surface area contributed by atoms with Gasteiger partial charge in [0, 0.05) is 24.4 Å². The number of aromatic nitrogens is 2. The summed E-state index contributed by atoms with van der Waals surface area (Å²) in [7, 11) is 0. The average Bonchev–Trinajstić information content (AvgIpc) is 2.51. The smallest absolute Gasteiger partial charge is 0.221 e. The van der Waals surface area contributed by atoms with Gasteiger partial charge in [-0.2, -0.15) is 0 Å². The van der Waals surface area contributed by atoms with Crippen LogP contribution in [-0.4, -0.2) is 22.8 Å². The number of rotatable bonds is 4. The molecule has 0 bridgehead atoms. The van der Waals surface area contributed by atoms with Crippen molar-refractivity contribution in [2.45, 2.75) is 52.5 Å². The second kappa shape index (κ2) is 4.75. The molecule has 0 saturated heterocycles. The fourth-order valence-electron chi connectivity index (χ4n) is 1.13. The molecule has 0 aromatic carbocycles. The Labute approximate surface area is 91.5 Å². The van der Waals surface area contributed by atoms with Crippen molar-refractivity contribution in [3.05, 3.63) is 11.8 Å². The first-order chi connectivity index (χ1) is 6.89. The molecule has 86 valence electrons. The van der Waals surface area contributed by atoms with E-state index in [1.54, 1.807) is 0 Å². The molecule has 0 radical (unpaired) electrons. The Bertz CT molecular complexity index is 299. The SMILES string of the molecule is CC(C)NCCc1nnc(C(C)(C)C)o1. The van der Waals surface area contributed by atoms with E-state index in [0.29, 0.717) is 17.8 Å². The predicted molar refractivity (Wildman–Crippen MR) is 59.8 cm³/mol. The van der Waals surface area contributed by atoms with Crippen molar-refractivity contribution in [1.82, 2.24) is 15.5 Å². The van der Waals surface area contributed by atoms with E-state index in [4.69, 9.17) is 4.42 Å². The quantitative estimate of drug-likeness (QED) is 0.826. The van der Waals surface area contributed by atoms with Crippen LogP contribution in [0.4, 0.5) is 0 Å². The fourth-order valence-corrected chi connectivity index (χ4v) is 1.13. The maximum absolute atomic E-state index is 5.57. The zero-order valence-corrected chi connectivity index (χ0v) is 10.3. The van der Waals surface area contributed by atoms with Gasteiger partial charge in [0.05, 0.1) is 0 Å². The number of nitrogens with one attached hydrogen (secondary N) is 1. The highest BCUT2D eigenvalue weighted by molar-refractivity contribution is 4.96. The fraction of sp³-hybridized carbons (Fsp3) is 0.818. The molecule has 0 unspecified atom stereocenters. The summed E-state index contributed by atoms with van der Waals surface area (Å²) in [6.45, 7) is 11.3. The van der Waals surface area contributed by atoms with Crippen molar-refractivity contribution in [3.63, 3.8) is 0 Å². The summed E-state index contributed by atoms with van der Waals surface area (Å²) >= 11 is 0. The van der Waals surface area contributed by atoms with Gasteiger partial charge >= 0.3 is 0 Å². The second-order valence-electron chi connectivity index (χ2n) is 5.11. The van der Waals surface area contributed by atoms with Crippen LogP contribution in [0.1, 0.15) is 46.4 Å². The minimum Gasteiger partial charge on any atom is -0.425 e. The van der Waals surface area contributed by atoms with Gasteiger partial charge in [0.25, 0.3) is 0 Å². The van der Waals surface area contributed by atoms with Crippen molar-refractivity contribution in [1.29, 1.82) is 0 Å². The van der Waals surface area contributed by atoms with Crippen molar-refractivity contribution >= 4 is 0 Å². The molecule has 0 fully saturated rings. The van der Waals surface area contributed by atoms with E-state index in [0.717, 1.165) is 13.0 Å². The van der Waals surface area contributed by atoms with Crippen LogP contribution in [0.15, 0.2) is 4.42 Å². The molecule has 0 aliphatic carbocycles. The van der Waals surface area contributed by atoms with Gasteiger partial charge in [-0.05, 0) is 0 Å². The van der Waals surface area contributed by atoms with Crippen LogP contribution in [0, 0.1) is 0 Å². The van der Waals surface area contributed by atoms with Crippen molar-refractivity contribution < 1.29 is 4.42 Å². The Morgan fingerprint density at radius 1 is 1.27 bits per heavy atom. The first-order valence-electron chi connectivity index (χ1n) is 5.46. The standard InChI is InChI=1S/C11H21N3O/c1-8(2)12-7-6-9-13-14-10(15-9)11(3,4)5/h8,12H,6-7H2,1-5H3. The minimum absolute atomic E-state index is 0.0588. The summed E-state index contributed by atoms with van der Waals surface area (Å²) < 4.78 is 5.57. The molecule has 0 aliphatic heterocycles. The number of nitrogens with zero attached hydrogens (tertiary/aromatic N) is 2. The van der Waals surface area contributed by atoms with Gasteiger partial charge in [0.1, 0.15) is 0 Å². The van der Waals surface area contributed by atoms with E-state index in [2.05, 4.69) is 50.1 Å². The molecule has 0 amide bonds. The van der Waals surface area contributed by atoms with Gasteiger partial charge in [0.2, 0.25) is 11.8 Å². The molecule has 0 aliphatic rings. The summed E-state index contributed by atoms with van der Waals surface area (Å²) in [5, 5.41) is 11.4. The first-order valence-corrected chi connectivity index (χ1v) is 5.46. The molecule has 0 saturated carbocycles. The predicted octanol–water partition coefficient (Wildman–Crippen LogP) is 1.91. The summed E-state index contributed by atoms with van der Waals surface area (Å²) in [6, 6.07) is 0.495. The van der Waals surface area contributed by atoms with E-state index >= 15 is 0 Å². The highest BCUT2D eigenvalue weighted by Crippen LogP contribution is 2.20. The van der Waals surface area contributed by atoms with Crippen LogP contribution in [0.5, 0.6) is 0 Å². The third-order valence-electron chi connectivity index (χ3n) is 2.00. The molecule has 4 heteroatoms. The van der Waals surface area contributed by atoms with Gasteiger partial charge in [-0.15, -0.1) is 10.2 Å². The Morgan fingerprint density at radius 2 is 1.93 bits per heavy atom. The highest BCUT2D eigenvalue weighted by Gasteiger charge is 2.21. The zero-order valence-electron chi connectivity index (χ0n) is 10.3. The molecule has 1 N–H and O–H groups in total. The van der Waals surface area contributed by atoms with E-state index in [9.17, 15) is 0 Å². The van der Waals surface area contributed by atoms with Crippen LogP contribution in [-0.2, 0) is 11.8 Å². The maximum atomic E-state index is 5.57. The summed E-state index contributed by atoms with van der Waals surface area (Å²) in [5.74, 6) is 1.43. The largest absolute Gasteiger partial charge is 0.425 e. The summed E-state index contributed by atoms with van der Waals surface area (Å²) in [5.41, 5.74) is -0.0588. The lowest BCUT2D eigenvalue weighted by Gasteiger charge is -2.11. The van der Waals surface area contributed by atoms with Crippen molar-refractivity contribution in [2.75, 3.05) is 6.54 Å². The zero-order chi connectivity index (χ0) is 11.5. The monoisotopic (exact) mass is 211 g/mol. The Kier molecular flexibility index (Phi) is 3.85. The number of hydrogen-bond acceptors (Lipinski definition) is 4. The lowest BCUT2D eigenvalue weighted by molar-refractivity contribution is 0.368. The summed E-state index contributed by atoms with van der Waals surface area (Å²) in [6.07, 6.45) is 0.793. The van der Waals surface area contributed by atoms with Gasteiger partial charge < -0.3 is 9.73 Å². The third kappa shape index (κ3) is 4.00. The lowest BCUT2D eigenvalue weighted by atomic mass is 9.97. The molecule has 4 nitrogen and oxygen atoms in total. The van der Waals surface area contributed by atoms with E-state index in [1.807, 2.05) is 0 Å². The molecular formula is C11H21N3O. The third-order valence-corrected chi connectivity index (χ3v) is 2.00. The van der Waals surface area contributed by atoms with Gasteiger partial charge in [-0.1, -0.05) is 34.6 Å². The van der Waals surface area contributed by atoms with Gasteiger partial charge in [-0.3, -0.25) is 0 Å². The lowest BCUT2D eigenvalue weighted by Crippen LogP contribution is -2.25. The molecule has 1 aromatic heterocycles. The molecule has 0 spiro atoms. The van der Waals surface area contributed by atoms with Crippen LogP contribution < -0.4 is 5.32 Å². The normalized spacial score (nSPS) is 12.4. The van der Waals surface area contributed by atoms with Crippen LogP contribution in [0.25, 0.3) is 0 Å². The molecule has 1 aromatic rings. The summed E-state index contributed by atoms with van der Waals surface area (Å²) in [4.78, 5) is 0.